The monoisotopic (exact) mass is 257 g/mol. The summed E-state index contributed by atoms with van der Waals surface area (Å²) in [5, 5.41) is 0. The van der Waals surface area contributed by atoms with Crippen LogP contribution in [0.5, 0.6) is 0 Å². The number of halogens is 1. The smallest absolute Gasteiger partial charge is 0.274 e. The summed E-state index contributed by atoms with van der Waals surface area (Å²) < 4.78 is 1.79. The van der Waals surface area contributed by atoms with Gasteiger partial charge in [0, 0.05) is 31.2 Å². The molecule has 0 saturated carbocycles. The van der Waals surface area contributed by atoms with Gasteiger partial charge in [0.1, 0.15) is 5.69 Å². The number of hydrogen-bond donors (Lipinski definition) is 0. The Morgan fingerprint density at radius 3 is 3.00 bits per heavy atom. The van der Waals surface area contributed by atoms with E-state index >= 15 is 0 Å². The number of alkyl halides is 1. The molecule has 1 unspecified atom stereocenters. The molecule has 0 aromatic carbocycles. The van der Waals surface area contributed by atoms with Gasteiger partial charge in [-0.25, -0.2) is 4.98 Å². The zero-order valence-corrected chi connectivity index (χ0v) is 9.57. The van der Waals surface area contributed by atoms with Crippen LogP contribution in [0.15, 0.2) is 12.5 Å². The normalized spacial score (nSPS) is 21.6. The van der Waals surface area contributed by atoms with E-state index in [2.05, 4.69) is 20.9 Å². The predicted molar refractivity (Wildman–Crippen MR) is 56.4 cm³/mol. The lowest BCUT2D eigenvalue weighted by Gasteiger charge is -2.13. The second kappa shape index (κ2) is 3.73. The first-order chi connectivity index (χ1) is 6.66. The minimum atomic E-state index is 0.0348. The fourth-order valence-electron chi connectivity index (χ4n) is 1.59. The van der Waals surface area contributed by atoms with Crippen molar-refractivity contribution >= 4 is 21.8 Å². The van der Waals surface area contributed by atoms with Crippen molar-refractivity contribution in [3.8, 4) is 0 Å². The lowest BCUT2D eigenvalue weighted by atomic mass is 10.4. The van der Waals surface area contributed by atoms with Gasteiger partial charge in [-0.15, -0.1) is 0 Å². The molecule has 0 aliphatic carbocycles. The van der Waals surface area contributed by atoms with Gasteiger partial charge in [0.15, 0.2) is 0 Å². The van der Waals surface area contributed by atoms with E-state index in [4.69, 9.17) is 0 Å². The maximum Gasteiger partial charge on any atom is 0.274 e. The number of aromatic nitrogens is 2. The molecule has 2 rings (SSSR count). The topological polar surface area (TPSA) is 38.1 Å². The molecule has 1 aliphatic heterocycles. The predicted octanol–water partition coefficient (Wildman–Crippen LogP) is 1.03. The summed E-state index contributed by atoms with van der Waals surface area (Å²) in [5.41, 5.74) is 0.536. The van der Waals surface area contributed by atoms with Gasteiger partial charge >= 0.3 is 0 Å². The average Bonchev–Trinajstić information content (AvgIpc) is 2.73. The quantitative estimate of drug-likeness (QED) is 0.705. The van der Waals surface area contributed by atoms with Crippen LogP contribution in [0.25, 0.3) is 0 Å². The molecule has 1 fully saturated rings. The number of likely N-dealkylation sites (tertiary alicyclic amines) is 1. The third kappa shape index (κ3) is 1.82. The fraction of sp³-hybridized carbons (Fsp3) is 0.556. The van der Waals surface area contributed by atoms with Crippen molar-refractivity contribution in [3.05, 3.63) is 18.2 Å². The van der Waals surface area contributed by atoms with E-state index in [1.165, 1.54) is 0 Å². The summed E-state index contributed by atoms with van der Waals surface area (Å²) in [4.78, 5) is 18.2. The molecule has 1 aliphatic rings. The third-order valence-corrected chi connectivity index (χ3v) is 3.09. The van der Waals surface area contributed by atoms with Gasteiger partial charge < -0.3 is 9.47 Å². The van der Waals surface area contributed by atoms with Crippen molar-refractivity contribution in [1.29, 1.82) is 0 Å². The van der Waals surface area contributed by atoms with E-state index in [9.17, 15) is 4.79 Å². The van der Waals surface area contributed by atoms with E-state index in [1.807, 2.05) is 11.9 Å². The molecular formula is C9H12BrN3O. The Morgan fingerprint density at radius 1 is 1.71 bits per heavy atom. The molecule has 76 valence electrons. The maximum atomic E-state index is 11.8. The first-order valence-electron chi connectivity index (χ1n) is 4.58. The van der Waals surface area contributed by atoms with Gasteiger partial charge in [-0.1, -0.05) is 15.9 Å². The standard InChI is InChI=1S/C9H12BrN3O/c1-12-5-8(11-6-12)9(14)13-3-2-7(10)4-13/h5-7H,2-4H2,1H3. The Morgan fingerprint density at radius 2 is 2.50 bits per heavy atom. The molecule has 14 heavy (non-hydrogen) atoms. The highest BCUT2D eigenvalue weighted by Crippen LogP contribution is 2.18. The summed E-state index contributed by atoms with van der Waals surface area (Å²) >= 11 is 3.51. The van der Waals surface area contributed by atoms with E-state index < -0.39 is 0 Å². The van der Waals surface area contributed by atoms with Crippen LogP contribution in [0.3, 0.4) is 0 Å². The Balaban J connectivity index is 2.09. The van der Waals surface area contributed by atoms with E-state index in [-0.39, 0.29) is 5.91 Å². The summed E-state index contributed by atoms with van der Waals surface area (Å²) in [6.07, 6.45) is 4.43. The lowest BCUT2D eigenvalue weighted by Crippen LogP contribution is -2.29. The number of nitrogens with zero attached hydrogens (tertiary/aromatic N) is 3. The Labute approximate surface area is 91.0 Å². The minimum Gasteiger partial charge on any atom is -0.340 e. The van der Waals surface area contributed by atoms with Crippen LogP contribution in [0.4, 0.5) is 0 Å². The molecule has 5 heteroatoms. The zero-order chi connectivity index (χ0) is 10.1. The van der Waals surface area contributed by atoms with Crippen molar-refractivity contribution < 1.29 is 4.79 Å². The van der Waals surface area contributed by atoms with Crippen LogP contribution >= 0.6 is 15.9 Å². The highest BCUT2D eigenvalue weighted by molar-refractivity contribution is 9.09. The molecule has 1 aromatic heterocycles. The van der Waals surface area contributed by atoms with Crippen LogP contribution in [-0.2, 0) is 7.05 Å². The largest absolute Gasteiger partial charge is 0.340 e. The summed E-state index contributed by atoms with van der Waals surface area (Å²) in [6.45, 7) is 1.61. The molecule has 0 spiro atoms. The lowest BCUT2D eigenvalue weighted by molar-refractivity contribution is 0.0788. The summed E-state index contributed by atoms with van der Waals surface area (Å²) in [5.74, 6) is 0.0348. The number of imidazole rings is 1. The summed E-state index contributed by atoms with van der Waals surface area (Å²) in [6, 6.07) is 0. The molecule has 1 aromatic rings. The van der Waals surface area contributed by atoms with Crippen LogP contribution < -0.4 is 0 Å². The molecule has 2 heterocycles. The van der Waals surface area contributed by atoms with Gasteiger partial charge in [-0.2, -0.15) is 0 Å². The second-order valence-electron chi connectivity index (χ2n) is 3.56. The van der Waals surface area contributed by atoms with Crippen molar-refractivity contribution in [2.45, 2.75) is 11.2 Å². The summed E-state index contributed by atoms with van der Waals surface area (Å²) in [7, 11) is 1.86. The first kappa shape index (κ1) is 9.71. The molecule has 0 bridgehead atoms. The Hall–Kier alpha value is -0.840. The van der Waals surface area contributed by atoms with E-state index in [1.54, 1.807) is 17.1 Å². The highest BCUT2D eigenvalue weighted by Gasteiger charge is 2.26. The Bertz CT molecular complexity index is 350. The van der Waals surface area contributed by atoms with Crippen LogP contribution in [0.2, 0.25) is 0 Å². The van der Waals surface area contributed by atoms with Gasteiger partial charge in [-0.05, 0) is 6.42 Å². The molecule has 1 saturated heterocycles. The highest BCUT2D eigenvalue weighted by atomic mass is 79.9. The first-order valence-corrected chi connectivity index (χ1v) is 5.49. The third-order valence-electron chi connectivity index (χ3n) is 2.34. The number of carbonyl (C=O) groups excluding carboxylic acids is 1. The SMILES string of the molecule is Cn1cnc(C(=O)N2CCC(Br)C2)c1. The van der Waals surface area contributed by atoms with Crippen LogP contribution in [0, 0.1) is 0 Å². The van der Waals surface area contributed by atoms with Crippen molar-refractivity contribution in [2.24, 2.45) is 7.05 Å². The van der Waals surface area contributed by atoms with E-state index in [0.717, 1.165) is 19.5 Å². The van der Waals surface area contributed by atoms with Crippen LogP contribution in [0.1, 0.15) is 16.9 Å². The van der Waals surface area contributed by atoms with Crippen molar-refractivity contribution in [1.82, 2.24) is 14.5 Å². The van der Waals surface area contributed by atoms with Gasteiger partial charge in [0.2, 0.25) is 0 Å². The van der Waals surface area contributed by atoms with Gasteiger partial charge in [0.05, 0.1) is 6.33 Å². The molecular weight excluding hydrogens is 246 g/mol. The number of rotatable bonds is 1. The zero-order valence-electron chi connectivity index (χ0n) is 7.98. The minimum absolute atomic E-state index is 0.0348. The number of aryl methyl sites for hydroxylation is 1. The molecule has 0 N–H and O–H groups in total. The molecule has 1 amide bonds. The fourth-order valence-corrected chi connectivity index (χ4v) is 2.14. The van der Waals surface area contributed by atoms with Gasteiger partial charge in [-0.3, -0.25) is 4.79 Å². The Kier molecular flexibility index (Phi) is 2.58. The maximum absolute atomic E-state index is 11.8. The molecule has 0 radical (unpaired) electrons. The average molecular weight is 258 g/mol. The number of amides is 1. The van der Waals surface area contributed by atoms with Crippen molar-refractivity contribution in [2.75, 3.05) is 13.1 Å². The molecule has 1 atom stereocenters. The second-order valence-corrected chi connectivity index (χ2v) is 4.86. The van der Waals surface area contributed by atoms with Gasteiger partial charge in [0.25, 0.3) is 5.91 Å². The van der Waals surface area contributed by atoms with Crippen LogP contribution in [-0.4, -0.2) is 38.3 Å². The van der Waals surface area contributed by atoms with E-state index in [0.29, 0.717) is 10.5 Å². The van der Waals surface area contributed by atoms with Crippen molar-refractivity contribution in [3.63, 3.8) is 0 Å². The molecule has 4 nitrogen and oxygen atoms in total. The number of carbonyl (C=O) groups is 1. The number of hydrogen-bond acceptors (Lipinski definition) is 2.